The first-order valence-electron chi connectivity index (χ1n) is 11.5. The van der Waals surface area contributed by atoms with Crippen LogP contribution in [0.15, 0.2) is 95.8 Å². The molecule has 0 fully saturated rings. The van der Waals surface area contributed by atoms with E-state index in [0.717, 1.165) is 16.3 Å². The fraction of sp³-hybridized carbons (Fsp3) is 0.138. The van der Waals surface area contributed by atoms with E-state index in [4.69, 9.17) is 4.98 Å². The van der Waals surface area contributed by atoms with E-state index >= 15 is 0 Å². The Kier molecular flexibility index (Phi) is 5.79. The van der Waals surface area contributed by atoms with Gasteiger partial charge in [-0.15, -0.1) is 0 Å². The molecular formula is C29H26N4O2. The first kappa shape index (κ1) is 22.3. The van der Waals surface area contributed by atoms with Crippen molar-refractivity contribution in [3.8, 4) is 5.69 Å². The number of urea groups is 1. The molecule has 5 rings (SSSR count). The number of hydrogen-bond donors (Lipinski definition) is 1. The molecule has 0 aliphatic heterocycles. The molecule has 2 amide bonds. The lowest BCUT2D eigenvalue weighted by Crippen LogP contribution is -2.37. The highest BCUT2D eigenvalue weighted by atomic mass is 16.2. The summed E-state index contributed by atoms with van der Waals surface area (Å²) in [6.07, 6.45) is 0. The van der Waals surface area contributed by atoms with Gasteiger partial charge in [-0.2, -0.15) is 0 Å². The second kappa shape index (κ2) is 9.06. The molecule has 1 heterocycles. The summed E-state index contributed by atoms with van der Waals surface area (Å²) in [5.74, 6) is 0.492. The van der Waals surface area contributed by atoms with Gasteiger partial charge in [0.25, 0.3) is 5.56 Å². The van der Waals surface area contributed by atoms with Crippen molar-refractivity contribution in [1.82, 2.24) is 14.5 Å². The molecule has 0 bridgehead atoms. The van der Waals surface area contributed by atoms with Gasteiger partial charge < -0.3 is 10.2 Å². The molecule has 35 heavy (non-hydrogen) atoms. The van der Waals surface area contributed by atoms with Crippen LogP contribution in [-0.2, 0) is 0 Å². The Bertz CT molecular complexity index is 1620. The molecule has 0 saturated carbocycles. The summed E-state index contributed by atoms with van der Waals surface area (Å²) in [6.45, 7) is 3.85. The number of fused-ring (bicyclic) bond motifs is 2. The lowest BCUT2D eigenvalue weighted by atomic mass is 10.1. The van der Waals surface area contributed by atoms with Crippen LogP contribution >= 0.6 is 0 Å². The maximum Gasteiger partial charge on any atom is 0.322 e. The first-order chi connectivity index (χ1) is 16.9. The van der Waals surface area contributed by atoms with Crippen LogP contribution < -0.4 is 10.9 Å². The molecule has 0 aliphatic carbocycles. The number of amides is 2. The molecule has 5 aromatic rings. The van der Waals surface area contributed by atoms with Crippen LogP contribution in [-0.4, -0.2) is 27.5 Å². The number of aryl methyl sites for hydroxylation is 1. The molecule has 1 atom stereocenters. The molecule has 1 aromatic heterocycles. The topological polar surface area (TPSA) is 67.2 Å². The van der Waals surface area contributed by atoms with Crippen LogP contribution in [0.3, 0.4) is 0 Å². The third kappa shape index (κ3) is 4.26. The Labute approximate surface area is 203 Å². The molecule has 0 aliphatic rings. The van der Waals surface area contributed by atoms with E-state index in [1.165, 1.54) is 0 Å². The van der Waals surface area contributed by atoms with Crippen LogP contribution in [0, 0.1) is 6.92 Å². The summed E-state index contributed by atoms with van der Waals surface area (Å²) in [7, 11) is 1.71. The third-order valence-corrected chi connectivity index (χ3v) is 6.34. The Balaban J connectivity index is 1.61. The number of anilines is 1. The van der Waals surface area contributed by atoms with E-state index in [9.17, 15) is 9.59 Å². The van der Waals surface area contributed by atoms with E-state index in [0.29, 0.717) is 28.1 Å². The second-order valence-corrected chi connectivity index (χ2v) is 8.75. The summed E-state index contributed by atoms with van der Waals surface area (Å²) in [6, 6.07) is 28.1. The lowest BCUT2D eigenvalue weighted by Gasteiger charge is -2.27. The monoisotopic (exact) mass is 462 g/mol. The lowest BCUT2D eigenvalue weighted by molar-refractivity contribution is 0.205. The van der Waals surface area contributed by atoms with Gasteiger partial charge in [-0.05, 0) is 66.6 Å². The minimum Gasteiger partial charge on any atom is -0.318 e. The van der Waals surface area contributed by atoms with Crippen molar-refractivity contribution >= 4 is 33.4 Å². The fourth-order valence-corrected chi connectivity index (χ4v) is 4.28. The molecule has 4 aromatic carbocycles. The highest BCUT2D eigenvalue weighted by Crippen LogP contribution is 2.25. The standard InChI is InChI=1S/C29H26N4O2/c1-19-9-8-12-23(17-19)30-29(35)32(3)20(2)27-31-26-14-7-6-13-25(26)28(34)33(27)24-16-15-21-10-4-5-11-22(21)18-24/h4-18,20H,1-3H3,(H,30,35). The molecule has 0 spiro atoms. The molecule has 0 radical (unpaired) electrons. The minimum absolute atomic E-state index is 0.166. The van der Waals surface area contributed by atoms with Gasteiger partial charge in [0, 0.05) is 12.7 Å². The highest BCUT2D eigenvalue weighted by molar-refractivity contribution is 5.89. The van der Waals surface area contributed by atoms with Gasteiger partial charge in [0.15, 0.2) is 0 Å². The van der Waals surface area contributed by atoms with Gasteiger partial charge in [-0.3, -0.25) is 9.36 Å². The number of para-hydroxylation sites is 1. The molecule has 6 nitrogen and oxygen atoms in total. The average molecular weight is 463 g/mol. The predicted octanol–water partition coefficient (Wildman–Crippen LogP) is 6.07. The largest absolute Gasteiger partial charge is 0.322 e. The molecule has 1 unspecified atom stereocenters. The molecular weight excluding hydrogens is 436 g/mol. The Morgan fingerprint density at radius 3 is 2.46 bits per heavy atom. The van der Waals surface area contributed by atoms with Crippen molar-refractivity contribution in [3.05, 3.63) is 113 Å². The smallest absolute Gasteiger partial charge is 0.318 e. The summed E-state index contributed by atoms with van der Waals surface area (Å²) in [5.41, 5.74) is 2.91. The zero-order valence-electron chi connectivity index (χ0n) is 19.9. The van der Waals surface area contributed by atoms with Gasteiger partial charge in [0.2, 0.25) is 0 Å². The van der Waals surface area contributed by atoms with E-state index in [1.807, 2.05) is 98.8 Å². The van der Waals surface area contributed by atoms with Gasteiger partial charge in [-0.1, -0.05) is 54.6 Å². The zero-order chi connectivity index (χ0) is 24.5. The number of nitrogens with one attached hydrogen (secondary N) is 1. The first-order valence-corrected chi connectivity index (χ1v) is 11.5. The number of hydrogen-bond acceptors (Lipinski definition) is 3. The third-order valence-electron chi connectivity index (χ3n) is 6.34. The number of carbonyl (C=O) groups is 1. The minimum atomic E-state index is -0.483. The zero-order valence-corrected chi connectivity index (χ0v) is 19.9. The number of benzene rings is 4. The maximum atomic E-state index is 13.7. The van der Waals surface area contributed by atoms with Gasteiger partial charge in [0.05, 0.1) is 22.6 Å². The van der Waals surface area contributed by atoms with Crippen LogP contribution in [0.25, 0.3) is 27.4 Å². The fourth-order valence-electron chi connectivity index (χ4n) is 4.28. The molecule has 174 valence electrons. The van der Waals surface area contributed by atoms with E-state index in [2.05, 4.69) is 5.32 Å². The van der Waals surface area contributed by atoms with E-state index < -0.39 is 6.04 Å². The van der Waals surface area contributed by atoms with Gasteiger partial charge in [-0.25, -0.2) is 9.78 Å². The van der Waals surface area contributed by atoms with Crippen LogP contribution in [0.5, 0.6) is 0 Å². The van der Waals surface area contributed by atoms with Crippen molar-refractivity contribution in [1.29, 1.82) is 0 Å². The van der Waals surface area contributed by atoms with Crippen molar-refractivity contribution in [3.63, 3.8) is 0 Å². The predicted molar refractivity (Wildman–Crippen MR) is 141 cm³/mol. The van der Waals surface area contributed by atoms with Crippen LogP contribution in [0.4, 0.5) is 10.5 Å². The van der Waals surface area contributed by atoms with Crippen LogP contribution in [0.1, 0.15) is 24.4 Å². The van der Waals surface area contributed by atoms with Gasteiger partial charge in [0.1, 0.15) is 5.82 Å². The molecule has 0 saturated heterocycles. The Hall–Kier alpha value is -4.45. The second-order valence-electron chi connectivity index (χ2n) is 8.75. The normalized spacial score (nSPS) is 12.0. The number of carbonyl (C=O) groups excluding carboxylic acids is 1. The SMILES string of the molecule is Cc1cccc(NC(=O)N(C)C(C)c2nc3ccccc3c(=O)n2-c2ccc3ccccc3c2)c1. The van der Waals surface area contributed by atoms with E-state index in [-0.39, 0.29) is 11.6 Å². The quantitative estimate of drug-likeness (QED) is 0.352. The van der Waals surface area contributed by atoms with E-state index in [1.54, 1.807) is 22.6 Å². The van der Waals surface area contributed by atoms with Crippen molar-refractivity contribution < 1.29 is 4.79 Å². The Morgan fingerprint density at radius 1 is 0.914 bits per heavy atom. The Morgan fingerprint density at radius 2 is 1.66 bits per heavy atom. The maximum absolute atomic E-state index is 13.7. The summed E-state index contributed by atoms with van der Waals surface area (Å²) >= 11 is 0. The van der Waals surface area contributed by atoms with Crippen LogP contribution in [0.2, 0.25) is 0 Å². The summed E-state index contributed by atoms with van der Waals surface area (Å²) < 4.78 is 1.62. The number of aromatic nitrogens is 2. The highest BCUT2D eigenvalue weighted by Gasteiger charge is 2.24. The summed E-state index contributed by atoms with van der Waals surface area (Å²) in [5, 5.41) is 5.58. The number of rotatable bonds is 4. The van der Waals surface area contributed by atoms with Crippen molar-refractivity contribution in [2.75, 3.05) is 12.4 Å². The molecule has 6 heteroatoms. The number of nitrogens with zero attached hydrogens (tertiary/aromatic N) is 3. The van der Waals surface area contributed by atoms with Crippen molar-refractivity contribution in [2.24, 2.45) is 0 Å². The van der Waals surface area contributed by atoms with Gasteiger partial charge >= 0.3 is 6.03 Å². The van der Waals surface area contributed by atoms with Crippen molar-refractivity contribution in [2.45, 2.75) is 19.9 Å². The average Bonchev–Trinajstić information content (AvgIpc) is 2.87. The molecule has 1 N–H and O–H groups in total. The summed E-state index contributed by atoms with van der Waals surface area (Å²) in [4.78, 5) is 33.2.